The van der Waals surface area contributed by atoms with Gasteiger partial charge >= 0.3 is 0 Å². The Bertz CT molecular complexity index is 1630. The topological polar surface area (TPSA) is 88.0 Å². The molecule has 9 nitrogen and oxygen atoms in total. The lowest BCUT2D eigenvalue weighted by atomic mass is 9.90. The minimum absolute atomic E-state index is 0.0410. The van der Waals surface area contributed by atoms with Crippen molar-refractivity contribution in [2.45, 2.75) is 40.3 Å². The maximum atomic E-state index is 13.1. The van der Waals surface area contributed by atoms with Crippen molar-refractivity contribution in [1.82, 2.24) is 14.5 Å². The summed E-state index contributed by atoms with van der Waals surface area (Å²) in [7, 11) is 1.71. The predicted octanol–water partition coefficient (Wildman–Crippen LogP) is 4.78. The van der Waals surface area contributed by atoms with E-state index in [2.05, 4.69) is 9.88 Å². The number of hydrogen-bond donors (Lipinski definition) is 0. The van der Waals surface area contributed by atoms with Crippen LogP contribution in [0.2, 0.25) is 0 Å². The van der Waals surface area contributed by atoms with Crippen LogP contribution in [-0.4, -0.2) is 59.6 Å². The van der Waals surface area contributed by atoms with Crippen LogP contribution >= 0.6 is 11.3 Å². The van der Waals surface area contributed by atoms with Gasteiger partial charge in [0.1, 0.15) is 11.2 Å². The van der Waals surface area contributed by atoms with Crippen LogP contribution < -0.4 is 20.1 Å². The first-order valence-electron chi connectivity index (χ1n) is 14.3. The fourth-order valence-electron chi connectivity index (χ4n) is 5.40. The summed E-state index contributed by atoms with van der Waals surface area (Å²) in [6.07, 6.45) is 6.23. The van der Waals surface area contributed by atoms with Crippen molar-refractivity contribution >= 4 is 44.6 Å². The van der Waals surface area contributed by atoms with Gasteiger partial charge in [-0.2, -0.15) is 0 Å². The number of pyridine rings is 2. The highest BCUT2D eigenvalue weighted by atomic mass is 32.1. The molecule has 0 saturated heterocycles. The molecule has 1 aliphatic heterocycles. The summed E-state index contributed by atoms with van der Waals surface area (Å²) in [5.41, 5.74) is 1.41. The average Bonchev–Trinajstić information content (AvgIpc) is 3.47. The molecular formula is C32H37N5O4S. The van der Waals surface area contributed by atoms with E-state index < -0.39 is 5.41 Å². The summed E-state index contributed by atoms with van der Waals surface area (Å²) < 4.78 is 8.92. The van der Waals surface area contributed by atoms with Gasteiger partial charge in [-0.1, -0.05) is 0 Å². The number of hydrogen-bond acceptors (Lipinski definition) is 7. The molecule has 1 aromatic carbocycles. The molecule has 0 N–H and O–H groups in total. The van der Waals surface area contributed by atoms with Gasteiger partial charge < -0.3 is 19.1 Å². The van der Waals surface area contributed by atoms with Crippen molar-refractivity contribution in [3.63, 3.8) is 0 Å². The van der Waals surface area contributed by atoms with Gasteiger partial charge in [0, 0.05) is 69.1 Å². The van der Waals surface area contributed by atoms with Crippen LogP contribution in [0.4, 0.5) is 11.4 Å². The first-order chi connectivity index (χ1) is 20.2. The van der Waals surface area contributed by atoms with E-state index in [1.165, 1.54) is 0 Å². The Balaban J connectivity index is 1.25. The molecule has 1 aliphatic rings. The van der Waals surface area contributed by atoms with Gasteiger partial charge in [-0.25, -0.2) is 0 Å². The maximum Gasteiger partial charge on any atom is 0.259 e. The van der Waals surface area contributed by atoms with Crippen LogP contribution in [0.3, 0.4) is 0 Å². The van der Waals surface area contributed by atoms with E-state index in [0.29, 0.717) is 43.4 Å². The molecule has 42 heavy (non-hydrogen) atoms. The number of ether oxygens (including phenoxy) is 1. The number of anilines is 2. The lowest BCUT2D eigenvalue weighted by Crippen LogP contribution is -2.47. The largest absolute Gasteiger partial charge is 0.493 e. The first kappa shape index (κ1) is 29.5. The number of nitrogens with zero attached hydrogens (tertiary/aromatic N) is 5. The number of fused-ring (bicyclic) bond motifs is 2. The molecule has 4 aromatic rings. The van der Waals surface area contributed by atoms with E-state index >= 15 is 0 Å². The van der Waals surface area contributed by atoms with Crippen LogP contribution in [0.15, 0.2) is 71.2 Å². The smallest absolute Gasteiger partial charge is 0.259 e. The number of thiophene rings is 1. The molecule has 2 amide bonds. The van der Waals surface area contributed by atoms with Gasteiger partial charge in [-0.05, 0) is 74.5 Å². The maximum absolute atomic E-state index is 13.1. The van der Waals surface area contributed by atoms with Crippen LogP contribution in [0.25, 0.3) is 10.1 Å². The Morgan fingerprint density at radius 2 is 1.76 bits per heavy atom. The van der Waals surface area contributed by atoms with Gasteiger partial charge in [-0.15, -0.1) is 11.3 Å². The lowest BCUT2D eigenvalue weighted by molar-refractivity contribution is -0.137. The van der Waals surface area contributed by atoms with Gasteiger partial charge in [-0.3, -0.25) is 24.3 Å². The molecule has 0 aliphatic carbocycles. The van der Waals surface area contributed by atoms with Crippen molar-refractivity contribution in [3.8, 4) is 5.75 Å². The summed E-state index contributed by atoms with van der Waals surface area (Å²) in [5, 5.41) is 2.71. The molecule has 0 spiro atoms. The second-order valence-electron chi connectivity index (χ2n) is 11.0. The zero-order valence-corrected chi connectivity index (χ0v) is 25.4. The van der Waals surface area contributed by atoms with Crippen molar-refractivity contribution in [2.75, 3.05) is 43.1 Å². The Morgan fingerprint density at radius 1 is 0.976 bits per heavy atom. The molecule has 0 bridgehead atoms. The Hall–Kier alpha value is -4.02. The minimum Gasteiger partial charge on any atom is -0.493 e. The fourth-order valence-corrected chi connectivity index (χ4v) is 6.17. The Morgan fingerprint density at radius 3 is 2.52 bits per heavy atom. The lowest BCUT2D eigenvalue weighted by Gasteiger charge is -2.27. The predicted molar refractivity (Wildman–Crippen MR) is 167 cm³/mol. The van der Waals surface area contributed by atoms with Gasteiger partial charge in [0.2, 0.25) is 11.8 Å². The number of benzene rings is 1. The molecule has 3 aromatic heterocycles. The summed E-state index contributed by atoms with van der Waals surface area (Å²) >= 11 is 1.58. The van der Waals surface area contributed by atoms with Crippen molar-refractivity contribution in [2.24, 2.45) is 5.41 Å². The van der Waals surface area contributed by atoms with Crippen molar-refractivity contribution in [3.05, 3.63) is 82.4 Å². The normalized spacial score (nSPS) is 14.9. The molecule has 0 unspecified atom stereocenters. The first-order valence-corrected chi connectivity index (χ1v) is 15.1. The third-order valence-electron chi connectivity index (χ3n) is 7.83. The summed E-state index contributed by atoms with van der Waals surface area (Å²) in [6.45, 7) is 9.01. The highest BCUT2D eigenvalue weighted by Gasteiger charge is 2.45. The molecule has 220 valence electrons. The molecular weight excluding hydrogens is 550 g/mol. The highest BCUT2D eigenvalue weighted by Crippen LogP contribution is 2.40. The van der Waals surface area contributed by atoms with Crippen molar-refractivity contribution in [1.29, 1.82) is 0 Å². The molecule has 0 saturated carbocycles. The third-order valence-corrected chi connectivity index (χ3v) is 8.71. The summed E-state index contributed by atoms with van der Waals surface area (Å²) in [6, 6.07) is 13.5. The van der Waals surface area contributed by atoms with Gasteiger partial charge in [0.05, 0.1) is 23.4 Å². The van der Waals surface area contributed by atoms with E-state index in [0.717, 1.165) is 35.2 Å². The van der Waals surface area contributed by atoms with Crippen LogP contribution in [0.5, 0.6) is 5.75 Å². The summed E-state index contributed by atoms with van der Waals surface area (Å²) in [5.74, 6) is 0.194. The molecule has 0 fully saturated rings. The van der Waals surface area contributed by atoms with Crippen LogP contribution in [0.1, 0.15) is 32.8 Å². The Kier molecular flexibility index (Phi) is 8.74. The fraction of sp³-hybridized carbons (Fsp3) is 0.375. The number of rotatable bonds is 11. The van der Waals surface area contributed by atoms with Gasteiger partial charge in [0.25, 0.3) is 5.56 Å². The van der Waals surface area contributed by atoms with Crippen LogP contribution in [0, 0.1) is 5.41 Å². The molecule has 0 atom stereocenters. The average molecular weight is 588 g/mol. The van der Waals surface area contributed by atoms with E-state index in [-0.39, 0.29) is 17.4 Å². The molecule has 5 rings (SSSR count). The van der Waals surface area contributed by atoms with E-state index in [1.807, 2.05) is 61.0 Å². The van der Waals surface area contributed by atoms with E-state index in [4.69, 9.17) is 4.74 Å². The van der Waals surface area contributed by atoms with Crippen LogP contribution in [-0.2, 0) is 22.7 Å². The van der Waals surface area contributed by atoms with Crippen molar-refractivity contribution < 1.29 is 14.3 Å². The minimum atomic E-state index is -1.15. The monoisotopic (exact) mass is 587 g/mol. The standard InChI is InChI=1S/C32H37N5O4S/c1-5-37-26-8-7-24(21-27(26)34(4)30(39)32(2,3)31(37)40)41-19-6-15-35(22-23-9-13-33-14-10-23)17-18-36-16-11-28-25(29(36)38)12-20-42-28/h7-14,16,20-21H,5-6,15,17-19,22H2,1-4H3. The number of carbonyl (C=O) groups is 2. The van der Waals surface area contributed by atoms with E-state index in [9.17, 15) is 14.4 Å². The van der Waals surface area contributed by atoms with Gasteiger partial charge in [0.15, 0.2) is 0 Å². The third kappa shape index (κ3) is 5.96. The molecule has 4 heterocycles. The Labute approximate surface area is 249 Å². The highest BCUT2D eigenvalue weighted by molar-refractivity contribution is 7.17. The SMILES string of the molecule is CCN1C(=O)C(C)(C)C(=O)N(C)c2cc(OCCCN(CCn3ccc4sccc4c3=O)Cc3ccncc3)ccc21. The number of amides is 2. The second-order valence-corrected chi connectivity index (χ2v) is 12.0. The zero-order valence-electron chi connectivity index (χ0n) is 24.6. The number of aromatic nitrogens is 2. The zero-order chi connectivity index (χ0) is 29.9. The molecule has 0 radical (unpaired) electrons. The summed E-state index contributed by atoms with van der Waals surface area (Å²) in [4.78, 5) is 48.9. The van der Waals surface area contributed by atoms with E-state index in [1.54, 1.807) is 59.0 Å². The quantitative estimate of drug-likeness (QED) is 0.185. The second kappa shape index (κ2) is 12.5. The number of carbonyl (C=O) groups excluding carboxylic acids is 2. The molecule has 10 heteroatoms.